The third kappa shape index (κ3) is 5.02. The van der Waals surface area contributed by atoms with E-state index in [4.69, 9.17) is 21.2 Å². The molecule has 0 bridgehead atoms. The normalized spacial score (nSPS) is 25.0. The van der Waals surface area contributed by atoms with E-state index in [1.807, 2.05) is 18.2 Å². The van der Waals surface area contributed by atoms with Crippen molar-refractivity contribution >= 4 is 16.7 Å². The number of nitrogens with two attached hydrogens (primary N) is 2. The van der Waals surface area contributed by atoms with Crippen molar-refractivity contribution in [2.45, 2.75) is 83.0 Å². The smallest absolute Gasteiger partial charge is 0.135 e. The summed E-state index contributed by atoms with van der Waals surface area (Å²) in [5.41, 5.74) is 15.9. The fourth-order valence-corrected chi connectivity index (χ4v) is 5.05. The summed E-state index contributed by atoms with van der Waals surface area (Å²) in [4.78, 5) is 7.30. The zero-order valence-electron chi connectivity index (χ0n) is 18.8. The fraction of sp³-hybridized carbons (Fsp3) is 0.625. The lowest BCUT2D eigenvalue weighted by atomic mass is 9.96. The van der Waals surface area contributed by atoms with Crippen molar-refractivity contribution in [3.8, 4) is 0 Å². The van der Waals surface area contributed by atoms with Crippen LogP contribution in [0.2, 0.25) is 0 Å². The summed E-state index contributed by atoms with van der Waals surface area (Å²) >= 11 is 0. The standard InChI is InChI=1S/C24H37N5O2/c1-15-18-10-6-7-11-20(18)28-24(22(15)23(26)27-16(2)30)29-13-12-19(25)21(14-29)31-17-8-4-3-5-9-17/h6-7,10-11,16-17,19,21,23,27,30H,3-5,8-9,12-14,25-26H2,1-2H3. The number of benzene rings is 1. The number of hydrogen-bond acceptors (Lipinski definition) is 7. The van der Waals surface area contributed by atoms with E-state index in [9.17, 15) is 5.11 Å². The summed E-state index contributed by atoms with van der Waals surface area (Å²) < 4.78 is 6.50. The fourth-order valence-electron chi connectivity index (χ4n) is 5.05. The summed E-state index contributed by atoms with van der Waals surface area (Å²) in [6, 6.07) is 8.17. The molecule has 31 heavy (non-hydrogen) atoms. The number of rotatable bonds is 6. The van der Waals surface area contributed by atoms with E-state index in [0.29, 0.717) is 12.6 Å². The van der Waals surface area contributed by atoms with Crippen LogP contribution in [0.15, 0.2) is 24.3 Å². The van der Waals surface area contributed by atoms with Gasteiger partial charge >= 0.3 is 0 Å². The molecule has 2 fully saturated rings. The minimum absolute atomic E-state index is 0.0146. The Labute approximate surface area is 185 Å². The zero-order valence-corrected chi connectivity index (χ0v) is 18.8. The van der Waals surface area contributed by atoms with Crippen molar-refractivity contribution in [1.29, 1.82) is 0 Å². The molecule has 7 nitrogen and oxygen atoms in total. The molecule has 1 aliphatic heterocycles. The highest BCUT2D eigenvalue weighted by molar-refractivity contribution is 5.86. The number of para-hydroxylation sites is 1. The van der Waals surface area contributed by atoms with Crippen molar-refractivity contribution in [1.82, 2.24) is 10.3 Å². The Bertz CT molecular complexity index is 884. The predicted octanol–water partition coefficient (Wildman–Crippen LogP) is 2.68. The summed E-state index contributed by atoms with van der Waals surface area (Å²) in [6.07, 6.45) is 5.96. The van der Waals surface area contributed by atoms with Gasteiger partial charge in [-0.15, -0.1) is 0 Å². The molecule has 6 N–H and O–H groups in total. The topological polar surface area (TPSA) is 110 Å². The van der Waals surface area contributed by atoms with Gasteiger partial charge < -0.3 is 26.2 Å². The van der Waals surface area contributed by atoms with E-state index in [0.717, 1.165) is 53.7 Å². The summed E-state index contributed by atoms with van der Waals surface area (Å²) in [6.45, 7) is 5.27. The Morgan fingerprint density at radius 2 is 1.94 bits per heavy atom. The van der Waals surface area contributed by atoms with Crippen LogP contribution >= 0.6 is 0 Å². The number of aliphatic hydroxyl groups is 1. The van der Waals surface area contributed by atoms with Crippen LogP contribution in [0.4, 0.5) is 5.82 Å². The van der Waals surface area contributed by atoms with Gasteiger partial charge in [-0.1, -0.05) is 37.5 Å². The molecule has 0 radical (unpaired) electrons. The molecular weight excluding hydrogens is 390 g/mol. The summed E-state index contributed by atoms with van der Waals surface area (Å²) in [5, 5.41) is 14.0. The molecule has 0 spiro atoms. The van der Waals surface area contributed by atoms with E-state index in [1.54, 1.807) is 6.92 Å². The first-order chi connectivity index (χ1) is 14.9. The maximum Gasteiger partial charge on any atom is 0.135 e. The third-order valence-electron chi connectivity index (χ3n) is 6.74. The van der Waals surface area contributed by atoms with Crippen molar-refractivity contribution in [2.75, 3.05) is 18.0 Å². The van der Waals surface area contributed by atoms with Crippen LogP contribution in [0.5, 0.6) is 0 Å². The molecule has 2 heterocycles. The van der Waals surface area contributed by atoms with Gasteiger partial charge in [0.25, 0.3) is 0 Å². The van der Waals surface area contributed by atoms with Crippen LogP contribution in [0, 0.1) is 6.92 Å². The first-order valence-electron chi connectivity index (χ1n) is 11.7. The molecule has 4 atom stereocenters. The number of fused-ring (bicyclic) bond motifs is 1. The van der Waals surface area contributed by atoms with Gasteiger partial charge in [-0.3, -0.25) is 5.32 Å². The molecule has 170 valence electrons. The second-order valence-electron chi connectivity index (χ2n) is 9.14. The van der Waals surface area contributed by atoms with Gasteiger partial charge in [-0.2, -0.15) is 0 Å². The van der Waals surface area contributed by atoms with Gasteiger partial charge in [0.1, 0.15) is 12.0 Å². The second-order valence-corrected chi connectivity index (χ2v) is 9.14. The van der Waals surface area contributed by atoms with E-state index < -0.39 is 12.4 Å². The van der Waals surface area contributed by atoms with Gasteiger partial charge in [-0.05, 0) is 44.7 Å². The minimum Gasteiger partial charge on any atom is -0.379 e. The molecule has 2 aromatic rings. The maximum atomic E-state index is 9.89. The van der Waals surface area contributed by atoms with Crippen LogP contribution in [-0.4, -0.2) is 47.7 Å². The van der Waals surface area contributed by atoms with E-state index in [-0.39, 0.29) is 12.1 Å². The van der Waals surface area contributed by atoms with Gasteiger partial charge in [0.05, 0.1) is 23.9 Å². The Balaban J connectivity index is 1.66. The SMILES string of the molecule is Cc1c(C(N)NC(C)O)c(N2CCC(N)C(OC3CCCCC3)C2)nc2ccccc12. The minimum atomic E-state index is -0.717. The number of hydrogen-bond donors (Lipinski definition) is 4. The zero-order chi connectivity index (χ0) is 22.0. The number of anilines is 1. The largest absolute Gasteiger partial charge is 0.379 e. The lowest BCUT2D eigenvalue weighted by Gasteiger charge is -2.41. The van der Waals surface area contributed by atoms with Gasteiger partial charge in [0.2, 0.25) is 0 Å². The molecular formula is C24H37N5O2. The molecule has 2 aliphatic rings. The van der Waals surface area contributed by atoms with E-state index in [2.05, 4.69) is 23.2 Å². The van der Waals surface area contributed by atoms with Gasteiger partial charge in [-0.25, -0.2) is 4.98 Å². The maximum absolute atomic E-state index is 9.89. The first kappa shape index (κ1) is 22.4. The van der Waals surface area contributed by atoms with Crippen molar-refractivity contribution in [3.63, 3.8) is 0 Å². The van der Waals surface area contributed by atoms with Crippen molar-refractivity contribution in [3.05, 3.63) is 35.4 Å². The van der Waals surface area contributed by atoms with Gasteiger partial charge in [0.15, 0.2) is 0 Å². The van der Waals surface area contributed by atoms with Crippen LogP contribution in [0.1, 0.15) is 62.7 Å². The third-order valence-corrected chi connectivity index (χ3v) is 6.74. The molecule has 1 aliphatic carbocycles. The van der Waals surface area contributed by atoms with Crippen LogP contribution in [-0.2, 0) is 4.74 Å². The molecule has 4 unspecified atom stereocenters. The number of aryl methyl sites for hydroxylation is 1. The van der Waals surface area contributed by atoms with E-state index >= 15 is 0 Å². The average molecular weight is 428 g/mol. The second kappa shape index (κ2) is 9.79. The molecule has 7 heteroatoms. The molecule has 1 aromatic carbocycles. The Morgan fingerprint density at radius 3 is 2.68 bits per heavy atom. The Hall–Kier alpha value is -1.77. The molecule has 4 rings (SSSR count). The molecule has 1 saturated carbocycles. The number of pyridine rings is 1. The number of piperidine rings is 1. The molecule has 0 amide bonds. The van der Waals surface area contributed by atoms with Crippen LogP contribution < -0.4 is 21.7 Å². The van der Waals surface area contributed by atoms with Crippen molar-refractivity contribution < 1.29 is 9.84 Å². The quantitative estimate of drug-likeness (QED) is 0.525. The summed E-state index contributed by atoms with van der Waals surface area (Å²) in [7, 11) is 0. The predicted molar refractivity (Wildman–Crippen MR) is 125 cm³/mol. The van der Waals surface area contributed by atoms with Gasteiger partial charge in [0, 0.05) is 30.1 Å². The average Bonchev–Trinajstić information content (AvgIpc) is 2.75. The lowest BCUT2D eigenvalue weighted by molar-refractivity contribution is -0.0432. The highest BCUT2D eigenvalue weighted by Crippen LogP contribution is 2.34. The van der Waals surface area contributed by atoms with Crippen LogP contribution in [0.25, 0.3) is 10.9 Å². The number of nitrogens with one attached hydrogen (secondary N) is 1. The highest BCUT2D eigenvalue weighted by Gasteiger charge is 2.33. The van der Waals surface area contributed by atoms with E-state index in [1.165, 1.54) is 19.3 Å². The Morgan fingerprint density at radius 1 is 1.19 bits per heavy atom. The number of aromatic nitrogens is 1. The van der Waals surface area contributed by atoms with Crippen LogP contribution in [0.3, 0.4) is 0 Å². The Kier molecular flexibility index (Phi) is 7.08. The first-order valence-corrected chi connectivity index (χ1v) is 11.7. The monoisotopic (exact) mass is 427 g/mol. The lowest BCUT2D eigenvalue weighted by Crippen LogP contribution is -2.53. The molecule has 1 aromatic heterocycles. The molecule has 1 saturated heterocycles. The number of ether oxygens (including phenoxy) is 1. The summed E-state index contributed by atoms with van der Waals surface area (Å²) in [5.74, 6) is 0.862. The number of nitrogens with zero attached hydrogens (tertiary/aromatic N) is 2. The number of aliphatic hydroxyl groups excluding tert-OH is 1. The van der Waals surface area contributed by atoms with Crippen molar-refractivity contribution in [2.24, 2.45) is 11.5 Å². The highest BCUT2D eigenvalue weighted by atomic mass is 16.5.